The van der Waals surface area contributed by atoms with Crippen LogP contribution in [0.25, 0.3) is 0 Å². The van der Waals surface area contributed by atoms with E-state index in [9.17, 15) is 0 Å². The summed E-state index contributed by atoms with van der Waals surface area (Å²) in [4.78, 5) is 5.31. The van der Waals surface area contributed by atoms with Crippen LogP contribution in [0.4, 0.5) is 0 Å². The van der Waals surface area contributed by atoms with Gasteiger partial charge in [-0.25, -0.2) is 0 Å². The molecule has 0 spiro atoms. The summed E-state index contributed by atoms with van der Waals surface area (Å²) < 4.78 is 0. The van der Waals surface area contributed by atoms with Crippen molar-refractivity contribution in [1.29, 1.82) is 0 Å². The molecule has 0 saturated carbocycles. The SMILES string of the molecule is CCCNC(c1ccc(C)cc1)C1CN2CCN1CC2. The van der Waals surface area contributed by atoms with Gasteiger partial charge in [-0.05, 0) is 25.5 Å². The lowest BCUT2D eigenvalue weighted by molar-refractivity contribution is -0.00364. The molecule has 0 radical (unpaired) electrons. The fraction of sp³-hybridized carbons (Fsp3) is 0.647. The summed E-state index contributed by atoms with van der Waals surface area (Å²) >= 11 is 0. The van der Waals surface area contributed by atoms with Crippen LogP contribution in [-0.2, 0) is 0 Å². The Kier molecular flexibility index (Phi) is 4.39. The van der Waals surface area contributed by atoms with E-state index in [-0.39, 0.29) is 0 Å². The summed E-state index contributed by atoms with van der Waals surface area (Å²) in [6, 6.07) is 10.2. The predicted octanol–water partition coefficient (Wildman–Crippen LogP) is 2.04. The van der Waals surface area contributed by atoms with Crippen molar-refractivity contribution < 1.29 is 0 Å². The monoisotopic (exact) mass is 273 g/mol. The molecule has 3 aliphatic rings. The highest BCUT2D eigenvalue weighted by Crippen LogP contribution is 2.27. The lowest BCUT2D eigenvalue weighted by Gasteiger charge is -2.50. The second-order valence-corrected chi connectivity index (χ2v) is 6.25. The fourth-order valence-electron chi connectivity index (χ4n) is 3.52. The van der Waals surface area contributed by atoms with Gasteiger partial charge in [-0.15, -0.1) is 0 Å². The quantitative estimate of drug-likeness (QED) is 0.885. The number of hydrogen-bond acceptors (Lipinski definition) is 3. The van der Waals surface area contributed by atoms with Crippen LogP contribution >= 0.6 is 0 Å². The molecule has 110 valence electrons. The second kappa shape index (κ2) is 6.25. The van der Waals surface area contributed by atoms with E-state index in [1.54, 1.807) is 0 Å². The summed E-state index contributed by atoms with van der Waals surface area (Å²) in [5.41, 5.74) is 2.79. The van der Waals surface area contributed by atoms with Crippen molar-refractivity contribution in [2.45, 2.75) is 32.4 Å². The minimum absolute atomic E-state index is 0.471. The molecule has 3 heterocycles. The highest BCUT2D eigenvalue weighted by atomic mass is 15.4. The van der Waals surface area contributed by atoms with Gasteiger partial charge >= 0.3 is 0 Å². The first-order valence-electron chi connectivity index (χ1n) is 8.04. The zero-order valence-electron chi connectivity index (χ0n) is 12.8. The first-order chi connectivity index (χ1) is 9.78. The minimum Gasteiger partial charge on any atom is -0.309 e. The smallest absolute Gasteiger partial charge is 0.0490 e. The summed E-state index contributed by atoms with van der Waals surface area (Å²) in [6.07, 6.45) is 1.19. The lowest BCUT2D eigenvalue weighted by atomic mass is 9.93. The minimum atomic E-state index is 0.471. The van der Waals surface area contributed by atoms with Crippen molar-refractivity contribution in [1.82, 2.24) is 15.1 Å². The Morgan fingerprint density at radius 1 is 1.15 bits per heavy atom. The van der Waals surface area contributed by atoms with Crippen molar-refractivity contribution in [3.8, 4) is 0 Å². The van der Waals surface area contributed by atoms with Crippen LogP contribution in [0, 0.1) is 6.92 Å². The number of rotatable bonds is 5. The number of nitrogens with one attached hydrogen (secondary N) is 1. The first-order valence-corrected chi connectivity index (χ1v) is 8.04. The van der Waals surface area contributed by atoms with Crippen molar-refractivity contribution in [2.75, 3.05) is 39.3 Å². The summed E-state index contributed by atoms with van der Waals surface area (Å²) in [5, 5.41) is 3.79. The van der Waals surface area contributed by atoms with Gasteiger partial charge in [-0.1, -0.05) is 36.8 Å². The summed E-state index contributed by atoms with van der Waals surface area (Å²) in [7, 11) is 0. The lowest BCUT2D eigenvalue weighted by Crippen LogP contribution is -2.64. The molecule has 1 aromatic carbocycles. The molecule has 2 atom stereocenters. The molecule has 4 rings (SSSR count). The van der Waals surface area contributed by atoms with Gasteiger partial charge in [0, 0.05) is 44.8 Å². The topological polar surface area (TPSA) is 18.5 Å². The number of benzene rings is 1. The van der Waals surface area contributed by atoms with E-state index in [1.165, 1.54) is 50.3 Å². The summed E-state index contributed by atoms with van der Waals surface area (Å²) in [5.74, 6) is 0. The van der Waals surface area contributed by atoms with Crippen molar-refractivity contribution in [2.24, 2.45) is 0 Å². The highest BCUT2D eigenvalue weighted by Gasteiger charge is 2.36. The molecule has 1 N–H and O–H groups in total. The molecule has 3 fully saturated rings. The zero-order valence-corrected chi connectivity index (χ0v) is 12.8. The van der Waals surface area contributed by atoms with Gasteiger partial charge in [0.1, 0.15) is 0 Å². The third kappa shape index (κ3) is 2.90. The van der Waals surface area contributed by atoms with Crippen LogP contribution in [0.1, 0.15) is 30.5 Å². The van der Waals surface area contributed by atoms with E-state index in [1.807, 2.05) is 0 Å². The third-order valence-corrected chi connectivity index (χ3v) is 4.76. The standard InChI is InChI=1S/C17H27N3/c1-3-8-18-17(15-6-4-14(2)5-7-15)16-13-19-9-11-20(16)12-10-19/h4-7,16-18H,3,8-13H2,1-2H3. The van der Waals surface area contributed by atoms with Crippen LogP contribution in [0.3, 0.4) is 0 Å². The fourth-order valence-corrected chi connectivity index (χ4v) is 3.52. The second-order valence-electron chi connectivity index (χ2n) is 6.25. The average Bonchev–Trinajstić information content (AvgIpc) is 2.51. The van der Waals surface area contributed by atoms with Crippen LogP contribution in [0.2, 0.25) is 0 Å². The van der Waals surface area contributed by atoms with Gasteiger partial charge in [-0.3, -0.25) is 9.80 Å². The van der Waals surface area contributed by atoms with E-state index in [0.717, 1.165) is 6.54 Å². The number of aryl methyl sites for hydroxylation is 1. The van der Waals surface area contributed by atoms with Crippen molar-refractivity contribution >= 4 is 0 Å². The Morgan fingerprint density at radius 2 is 1.85 bits per heavy atom. The van der Waals surface area contributed by atoms with Gasteiger partial charge in [0.05, 0.1) is 0 Å². The van der Waals surface area contributed by atoms with Gasteiger partial charge < -0.3 is 5.32 Å². The average molecular weight is 273 g/mol. The molecule has 1 aromatic rings. The molecule has 3 saturated heterocycles. The maximum Gasteiger partial charge on any atom is 0.0490 e. The van der Waals surface area contributed by atoms with Gasteiger partial charge in [0.2, 0.25) is 0 Å². The van der Waals surface area contributed by atoms with Crippen LogP contribution in [0.5, 0.6) is 0 Å². The Labute approximate surface area is 123 Å². The molecule has 0 aliphatic carbocycles. The molecule has 2 unspecified atom stereocenters. The first kappa shape index (κ1) is 14.1. The normalized spacial score (nSPS) is 30.4. The maximum absolute atomic E-state index is 3.79. The van der Waals surface area contributed by atoms with E-state index in [2.05, 4.69) is 53.2 Å². The van der Waals surface area contributed by atoms with Crippen LogP contribution < -0.4 is 5.32 Å². The Hall–Kier alpha value is -0.900. The van der Waals surface area contributed by atoms with Crippen LogP contribution in [-0.4, -0.2) is 55.1 Å². The van der Waals surface area contributed by atoms with E-state index < -0.39 is 0 Å². The summed E-state index contributed by atoms with van der Waals surface area (Å²) in [6.45, 7) is 11.7. The van der Waals surface area contributed by atoms with E-state index in [4.69, 9.17) is 0 Å². The van der Waals surface area contributed by atoms with Gasteiger partial charge in [0.25, 0.3) is 0 Å². The Morgan fingerprint density at radius 3 is 2.40 bits per heavy atom. The molecule has 3 heteroatoms. The van der Waals surface area contributed by atoms with Crippen molar-refractivity contribution in [3.05, 3.63) is 35.4 Å². The molecule has 0 amide bonds. The van der Waals surface area contributed by atoms with Gasteiger partial charge in [0.15, 0.2) is 0 Å². The van der Waals surface area contributed by atoms with Crippen molar-refractivity contribution in [3.63, 3.8) is 0 Å². The van der Waals surface area contributed by atoms with E-state index in [0.29, 0.717) is 12.1 Å². The Balaban J connectivity index is 1.80. The molecular weight excluding hydrogens is 246 g/mol. The third-order valence-electron chi connectivity index (χ3n) is 4.76. The number of hydrogen-bond donors (Lipinski definition) is 1. The van der Waals surface area contributed by atoms with Crippen LogP contribution in [0.15, 0.2) is 24.3 Å². The Bertz CT molecular complexity index is 420. The molecule has 2 bridgehead atoms. The van der Waals surface area contributed by atoms with Gasteiger partial charge in [-0.2, -0.15) is 0 Å². The molecular formula is C17H27N3. The predicted molar refractivity (Wildman–Crippen MR) is 84.0 cm³/mol. The number of nitrogens with zero attached hydrogens (tertiary/aromatic N) is 2. The van der Waals surface area contributed by atoms with E-state index >= 15 is 0 Å². The number of fused-ring (bicyclic) bond motifs is 3. The molecule has 3 nitrogen and oxygen atoms in total. The molecule has 20 heavy (non-hydrogen) atoms. The number of piperazine rings is 3. The zero-order chi connectivity index (χ0) is 13.9. The largest absolute Gasteiger partial charge is 0.309 e. The molecule has 0 aromatic heterocycles. The molecule has 3 aliphatic heterocycles. The highest BCUT2D eigenvalue weighted by molar-refractivity contribution is 5.26. The maximum atomic E-state index is 3.79.